The predicted octanol–water partition coefficient (Wildman–Crippen LogP) is 2.01. The normalized spacial score (nSPS) is 26.9. The number of rotatable bonds is 3. The number of amides is 1. The van der Waals surface area contributed by atoms with Crippen molar-refractivity contribution in [3.63, 3.8) is 0 Å². The summed E-state index contributed by atoms with van der Waals surface area (Å²) in [7, 11) is 0. The lowest BCUT2D eigenvalue weighted by Gasteiger charge is -2.41. The van der Waals surface area contributed by atoms with E-state index < -0.39 is 6.10 Å². The largest absolute Gasteiger partial charge is 0.391 e. The van der Waals surface area contributed by atoms with E-state index in [0.29, 0.717) is 13.2 Å². The molecule has 1 N–H and O–H groups in total. The maximum absolute atomic E-state index is 12.9. The molecule has 4 nitrogen and oxygen atoms in total. The van der Waals surface area contributed by atoms with E-state index in [1.165, 1.54) is 5.56 Å². The van der Waals surface area contributed by atoms with Gasteiger partial charge in [-0.3, -0.25) is 4.79 Å². The van der Waals surface area contributed by atoms with E-state index in [0.717, 1.165) is 38.6 Å². The summed E-state index contributed by atoms with van der Waals surface area (Å²) in [6.07, 6.45) is 3.61. The molecule has 3 rings (SSSR count). The van der Waals surface area contributed by atoms with Gasteiger partial charge < -0.3 is 14.7 Å². The van der Waals surface area contributed by atoms with Gasteiger partial charge in [0.05, 0.1) is 12.1 Å². The zero-order valence-corrected chi connectivity index (χ0v) is 13.0. The van der Waals surface area contributed by atoms with Crippen LogP contribution in [0.1, 0.15) is 31.2 Å². The molecule has 2 atom stereocenters. The van der Waals surface area contributed by atoms with Crippen LogP contribution in [0.25, 0.3) is 0 Å². The van der Waals surface area contributed by atoms with Gasteiger partial charge in [0.2, 0.25) is 5.91 Å². The summed E-state index contributed by atoms with van der Waals surface area (Å²) >= 11 is 0. The van der Waals surface area contributed by atoms with Crippen LogP contribution in [0.4, 0.5) is 0 Å². The molecule has 2 aliphatic rings. The first-order chi connectivity index (χ1) is 10.8. The second kappa shape index (κ2) is 7.25. The van der Waals surface area contributed by atoms with Crippen LogP contribution in [-0.2, 0) is 16.0 Å². The Kier molecular flexibility index (Phi) is 5.11. The van der Waals surface area contributed by atoms with Crippen molar-refractivity contribution in [1.82, 2.24) is 4.90 Å². The molecule has 0 radical (unpaired) electrons. The third kappa shape index (κ3) is 3.50. The number of likely N-dealkylation sites (tertiary alicyclic amines) is 1. The first-order valence-corrected chi connectivity index (χ1v) is 8.36. The van der Waals surface area contributed by atoms with Crippen molar-refractivity contribution in [2.45, 2.75) is 44.2 Å². The highest BCUT2D eigenvalue weighted by Crippen LogP contribution is 2.26. The minimum absolute atomic E-state index is 0.0670. The van der Waals surface area contributed by atoms with Crippen LogP contribution in [0.15, 0.2) is 30.3 Å². The van der Waals surface area contributed by atoms with Crippen LogP contribution in [0.3, 0.4) is 0 Å². The van der Waals surface area contributed by atoms with Gasteiger partial charge in [-0.25, -0.2) is 0 Å². The average Bonchev–Trinajstić information content (AvgIpc) is 2.58. The Morgan fingerprint density at radius 1 is 1.18 bits per heavy atom. The van der Waals surface area contributed by atoms with Crippen molar-refractivity contribution in [1.29, 1.82) is 0 Å². The standard InChI is InChI=1S/C18H25NO3/c20-17-7-4-10-19(18(21)15-8-11-22-12-9-15)16(17)13-14-5-2-1-3-6-14/h1-3,5-6,15-17,20H,4,7-13H2/t16-,17-/m0/s1. The van der Waals surface area contributed by atoms with Gasteiger partial charge in [-0.05, 0) is 37.7 Å². The highest BCUT2D eigenvalue weighted by Gasteiger charge is 2.36. The number of carbonyl (C=O) groups excluding carboxylic acids is 1. The summed E-state index contributed by atoms with van der Waals surface area (Å²) in [5, 5.41) is 10.4. The van der Waals surface area contributed by atoms with E-state index in [2.05, 4.69) is 12.1 Å². The molecule has 0 spiro atoms. The molecular formula is C18H25NO3. The van der Waals surface area contributed by atoms with Crippen molar-refractivity contribution < 1.29 is 14.6 Å². The van der Waals surface area contributed by atoms with Gasteiger partial charge in [-0.1, -0.05) is 30.3 Å². The summed E-state index contributed by atoms with van der Waals surface area (Å²) in [5.41, 5.74) is 1.18. The summed E-state index contributed by atoms with van der Waals surface area (Å²) < 4.78 is 5.36. The van der Waals surface area contributed by atoms with Gasteiger partial charge in [0, 0.05) is 25.7 Å². The van der Waals surface area contributed by atoms with Gasteiger partial charge in [0.1, 0.15) is 0 Å². The predicted molar refractivity (Wildman–Crippen MR) is 84.4 cm³/mol. The molecule has 0 bridgehead atoms. The molecule has 4 heteroatoms. The van der Waals surface area contributed by atoms with E-state index in [1.54, 1.807) is 0 Å². The molecule has 1 aromatic carbocycles. The number of carbonyl (C=O) groups is 1. The molecule has 1 amide bonds. The first kappa shape index (κ1) is 15.5. The maximum Gasteiger partial charge on any atom is 0.226 e. The first-order valence-electron chi connectivity index (χ1n) is 8.36. The van der Waals surface area contributed by atoms with E-state index in [9.17, 15) is 9.90 Å². The highest BCUT2D eigenvalue weighted by molar-refractivity contribution is 5.79. The molecule has 120 valence electrons. The Bertz CT molecular complexity index is 484. The third-order valence-corrected chi connectivity index (χ3v) is 4.88. The highest BCUT2D eigenvalue weighted by atomic mass is 16.5. The van der Waals surface area contributed by atoms with Gasteiger partial charge in [0.15, 0.2) is 0 Å². The Balaban J connectivity index is 1.73. The van der Waals surface area contributed by atoms with Crippen molar-refractivity contribution in [3.8, 4) is 0 Å². The Labute approximate surface area is 132 Å². The number of nitrogens with zero attached hydrogens (tertiary/aromatic N) is 1. The van der Waals surface area contributed by atoms with Gasteiger partial charge in [-0.2, -0.15) is 0 Å². The summed E-state index contributed by atoms with van der Waals surface area (Å²) in [5.74, 6) is 0.278. The molecule has 2 fully saturated rings. The topological polar surface area (TPSA) is 49.8 Å². The fourth-order valence-electron chi connectivity index (χ4n) is 3.59. The van der Waals surface area contributed by atoms with Crippen LogP contribution in [0.5, 0.6) is 0 Å². The number of benzene rings is 1. The fourth-order valence-corrected chi connectivity index (χ4v) is 3.59. The molecular weight excluding hydrogens is 278 g/mol. The van der Waals surface area contributed by atoms with Crippen LogP contribution in [-0.4, -0.2) is 47.8 Å². The third-order valence-electron chi connectivity index (χ3n) is 4.88. The van der Waals surface area contributed by atoms with Gasteiger partial charge >= 0.3 is 0 Å². The number of aliphatic hydroxyl groups is 1. The SMILES string of the molecule is O=C(C1CCOCC1)N1CCC[C@H](O)[C@@H]1Cc1ccccc1. The minimum atomic E-state index is -0.419. The fraction of sp³-hybridized carbons (Fsp3) is 0.611. The minimum Gasteiger partial charge on any atom is -0.391 e. The number of piperidine rings is 1. The van der Waals surface area contributed by atoms with E-state index in [1.807, 2.05) is 23.1 Å². The molecule has 2 heterocycles. The second-order valence-corrected chi connectivity index (χ2v) is 6.38. The van der Waals surface area contributed by atoms with E-state index >= 15 is 0 Å². The van der Waals surface area contributed by atoms with Crippen molar-refractivity contribution in [2.75, 3.05) is 19.8 Å². The number of ether oxygens (including phenoxy) is 1. The van der Waals surface area contributed by atoms with Crippen molar-refractivity contribution >= 4 is 5.91 Å². The summed E-state index contributed by atoms with van der Waals surface area (Å²) in [6.45, 7) is 2.12. The molecule has 2 aliphatic heterocycles. The van der Waals surface area contributed by atoms with Crippen LogP contribution in [0, 0.1) is 5.92 Å². The van der Waals surface area contributed by atoms with E-state index in [-0.39, 0.29) is 17.9 Å². The number of aliphatic hydroxyl groups excluding tert-OH is 1. The van der Waals surface area contributed by atoms with Crippen molar-refractivity contribution in [2.24, 2.45) is 5.92 Å². The van der Waals surface area contributed by atoms with Gasteiger partial charge in [0.25, 0.3) is 0 Å². The Morgan fingerprint density at radius 2 is 1.91 bits per heavy atom. The molecule has 0 aromatic heterocycles. The molecule has 1 aromatic rings. The number of hydrogen-bond acceptors (Lipinski definition) is 3. The quantitative estimate of drug-likeness (QED) is 0.929. The molecule has 2 saturated heterocycles. The monoisotopic (exact) mass is 303 g/mol. The Morgan fingerprint density at radius 3 is 2.64 bits per heavy atom. The molecule has 0 saturated carbocycles. The smallest absolute Gasteiger partial charge is 0.226 e. The average molecular weight is 303 g/mol. The Hall–Kier alpha value is -1.39. The zero-order chi connectivity index (χ0) is 15.4. The molecule has 0 unspecified atom stereocenters. The number of hydrogen-bond donors (Lipinski definition) is 1. The van der Waals surface area contributed by atoms with Gasteiger partial charge in [-0.15, -0.1) is 0 Å². The molecule has 0 aliphatic carbocycles. The van der Waals surface area contributed by atoms with Crippen molar-refractivity contribution in [3.05, 3.63) is 35.9 Å². The van der Waals surface area contributed by atoms with Crippen LogP contribution >= 0.6 is 0 Å². The van der Waals surface area contributed by atoms with Crippen LogP contribution < -0.4 is 0 Å². The second-order valence-electron chi connectivity index (χ2n) is 6.38. The van der Waals surface area contributed by atoms with Crippen LogP contribution in [0.2, 0.25) is 0 Å². The summed E-state index contributed by atoms with van der Waals surface area (Å²) in [6, 6.07) is 10.1. The lowest BCUT2D eigenvalue weighted by atomic mass is 9.90. The maximum atomic E-state index is 12.9. The molecule has 22 heavy (non-hydrogen) atoms. The lowest BCUT2D eigenvalue weighted by Crippen LogP contribution is -2.54. The van der Waals surface area contributed by atoms with E-state index in [4.69, 9.17) is 4.74 Å². The zero-order valence-electron chi connectivity index (χ0n) is 13.0. The lowest BCUT2D eigenvalue weighted by molar-refractivity contribution is -0.146. The summed E-state index contributed by atoms with van der Waals surface area (Å²) in [4.78, 5) is 14.8.